The normalized spacial score (nSPS) is 17.3. The molecule has 182 valence electrons. The van der Waals surface area contributed by atoms with Crippen LogP contribution in [0.2, 0.25) is 0 Å². The van der Waals surface area contributed by atoms with Crippen molar-refractivity contribution in [1.82, 2.24) is 14.9 Å². The lowest BCUT2D eigenvalue weighted by molar-refractivity contribution is -0.117. The van der Waals surface area contributed by atoms with E-state index in [0.717, 1.165) is 64.9 Å². The monoisotopic (exact) mass is 480 g/mol. The molecule has 1 aliphatic carbocycles. The Hall–Kier alpha value is -4.13. The van der Waals surface area contributed by atoms with E-state index >= 15 is 0 Å². The molecule has 6 rings (SSSR count). The van der Waals surface area contributed by atoms with E-state index in [1.807, 2.05) is 66.7 Å². The largest absolute Gasteiger partial charge is 0.445 e. The van der Waals surface area contributed by atoms with Crippen LogP contribution in [0.15, 0.2) is 72.8 Å². The summed E-state index contributed by atoms with van der Waals surface area (Å²) < 4.78 is 5.58. The average molecular weight is 481 g/mol. The molecular weight excluding hydrogens is 452 g/mol. The standard InChI is InChI=1S/C29H28N4O3/c34-28(21-8-9-21)30-23-13-10-20(11-14-23)22-12-15-24-25(17-22)32-27(31-24)26-7-4-16-33(26)29(35)36-18-19-5-2-1-3-6-19/h1-3,5-6,10-15,17,21,26H,4,7-9,16,18H2,(H,30,34)(H,31,32)/t26-/m0/s1. The van der Waals surface area contributed by atoms with E-state index in [4.69, 9.17) is 9.72 Å². The first-order chi connectivity index (χ1) is 17.6. The van der Waals surface area contributed by atoms with Crippen LogP contribution < -0.4 is 5.32 Å². The topological polar surface area (TPSA) is 87.3 Å². The van der Waals surface area contributed by atoms with Gasteiger partial charge in [0.05, 0.1) is 17.1 Å². The number of likely N-dealkylation sites (tertiary alicyclic amines) is 1. The van der Waals surface area contributed by atoms with Crippen LogP contribution in [-0.4, -0.2) is 33.4 Å². The lowest BCUT2D eigenvalue weighted by atomic mass is 10.0. The zero-order valence-electron chi connectivity index (χ0n) is 19.9. The van der Waals surface area contributed by atoms with Gasteiger partial charge in [-0.25, -0.2) is 9.78 Å². The summed E-state index contributed by atoms with van der Waals surface area (Å²) in [6.07, 6.45) is 3.43. The first-order valence-corrected chi connectivity index (χ1v) is 12.5. The number of nitrogens with one attached hydrogen (secondary N) is 2. The molecule has 36 heavy (non-hydrogen) atoms. The summed E-state index contributed by atoms with van der Waals surface area (Å²) in [5.41, 5.74) is 5.70. The molecule has 2 fully saturated rings. The van der Waals surface area contributed by atoms with E-state index in [1.165, 1.54) is 0 Å². The van der Waals surface area contributed by atoms with Gasteiger partial charge >= 0.3 is 6.09 Å². The first-order valence-electron chi connectivity index (χ1n) is 12.5. The van der Waals surface area contributed by atoms with Gasteiger partial charge in [-0.15, -0.1) is 0 Å². The Balaban J connectivity index is 1.16. The lowest BCUT2D eigenvalue weighted by Crippen LogP contribution is -2.31. The molecule has 7 heteroatoms. The molecule has 1 saturated heterocycles. The molecule has 0 bridgehead atoms. The fourth-order valence-corrected chi connectivity index (χ4v) is 4.77. The van der Waals surface area contributed by atoms with E-state index in [9.17, 15) is 9.59 Å². The molecule has 1 aromatic heterocycles. The number of imidazole rings is 1. The minimum absolute atomic E-state index is 0.110. The van der Waals surface area contributed by atoms with Gasteiger partial charge in [0, 0.05) is 18.2 Å². The first kappa shape index (κ1) is 22.3. The Kier molecular flexibility index (Phi) is 5.89. The molecule has 0 unspecified atom stereocenters. The second-order valence-electron chi connectivity index (χ2n) is 9.59. The molecule has 2 heterocycles. The highest BCUT2D eigenvalue weighted by Gasteiger charge is 2.33. The Morgan fingerprint density at radius 1 is 0.972 bits per heavy atom. The zero-order chi connectivity index (χ0) is 24.5. The fourth-order valence-electron chi connectivity index (χ4n) is 4.77. The predicted molar refractivity (Wildman–Crippen MR) is 138 cm³/mol. The van der Waals surface area contributed by atoms with Crippen LogP contribution >= 0.6 is 0 Å². The van der Waals surface area contributed by atoms with Crippen molar-refractivity contribution in [3.8, 4) is 11.1 Å². The number of fused-ring (bicyclic) bond motifs is 1. The van der Waals surface area contributed by atoms with Gasteiger partial charge in [-0.05, 0) is 66.6 Å². The maximum atomic E-state index is 12.8. The third-order valence-corrected chi connectivity index (χ3v) is 6.94. The van der Waals surface area contributed by atoms with Gasteiger partial charge in [0.15, 0.2) is 0 Å². The molecule has 2 aliphatic rings. The summed E-state index contributed by atoms with van der Waals surface area (Å²) >= 11 is 0. The van der Waals surface area contributed by atoms with Crippen LogP contribution in [-0.2, 0) is 16.1 Å². The number of amides is 2. The highest BCUT2D eigenvalue weighted by molar-refractivity contribution is 5.94. The quantitative estimate of drug-likeness (QED) is 0.352. The van der Waals surface area contributed by atoms with Gasteiger partial charge in [0.2, 0.25) is 5.91 Å². The van der Waals surface area contributed by atoms with Crippen LogP contribution in [0.25, 0.3) is 22.2 Å². The van der Waals surface area contributed by atoms with Crippen molar-refractivity contribution in [3.63, 3.8) is 0 Å². The summed E-state index contributed by atoms with van der Waals surface area (Å²) in [5, 5.41) is 2.98. The lowest BCUT2D eigenvalue weighted by Gasteiger charge is -2.22. The van der Waals surface area contributed by atoms with Crippen molar-refractivity contribution in [1.29, 1.82) is 0 Å². The summed E-state index contributed by atoms with van der Waals surface area (Å²) in [7, 11) is 0. The molecule has 1 saturated carbocycles. The maximum absolute atomic E-state index is 12.8. The van der Waals surface area contributed by atoms with Gasteiger partial charge in [-0.2, -0.15) is 0 Å². The van der Waals surface area contributed by atoms with Crippen molar-refractivity contribution in [2.45, 2.75) is 38.3 Å². The van der Waals surface area contributed by atoms with Crippen molar-refractivity contribution in [2.24, 2.45) is 5.92 Å². The third-order valence-electron chi connectivity index (χ3n) is 6.94. The summed E-state index contributed by atoms with van der Waals surface area (Å²) in [6.45, 7) is 0.916. The smallest absolute Gasteiger partial charge is 0.410 e. The van der Waals surface area contributed by atoms with Crippen molar-refractivity contribution >= 4 is 28.7 Å². The van der Waals surface area contributed by atoms with Gasteiger partial charge in [0.25, 0.3) is 0 Å². The summed E-state index contributed by atoms with van der Waals surface area (Å²) in [5.74, 6) is 1.08. The van der Waals surface area contributed by atoms with E-state index in [2.05, 4.69) is 16.4 Å². The van der Waals surface area contributed by atoms with Crippen molar-refractivity contribution in [3.05, 3.63) is 84.2 Å². The van der Waals surface area contributed by atoms with Gasteiger partial charge < -0.3 is 15.0 Å². The number of aromatic amines is 1. The Morgan fingerprint density at radius 2 is 1.75 bits per heavy atom. The number of anilines is 1. The van der Waals surface area contributed by atoms with Crippen LogP contribution in [0.3, 0.4) is 0 Å². The van der Waals surface area contributed by atoms with E-state index in [1.54, 1.807) is 4.90 Å². The second-order valence-corrected chi connectivity index (χ2v) is 9.59. The molecule has 1 aliphatic heterocycles. The molecule has 2 amide bonds. The van der Waals surface area contributed by atoms with Crippen LogP contribution in [0, 0.1) is 5.92 Å². The minimum Gasteiger partial charge on any atom is -0.445 e. The number of H-pyrrole nitrogens is 1. The number of nitrogens with zero attached hydrogens (tertiary/aromatic N) is 2. The Morgan fingerprint density at radius 3 is 2.53 bits per heavy atom. The van der Waals surface area contributed by atoms with Gasteiger partial charge in [0.1, 0.15) is 12.4 Å². The maximum Gasteiger partial charge on any atom is 0.410 e. The molecule has 0 spiro atoms. The molecule has 1 atom stereocenters. The molecule has 7 nitrogen and oxygen atoms in total. The number of benzene rings is 3. The molecule has 4 aromatic rings. The van der Waals surface area contributed by atoms with Crippen molar-refractivity contribution < 1.29 is 14.3 Å². The fraction of sp³-hybridized carbons (Fsp3) is 0.276. The number of hydrogen-bond acceptors (Lipinski definition) is 4. The highest BCUT2D eigenvalue weighted by atomic mass is 16.6. The molecule has 0 radical (unpaired) electrons. The SMILES string of the molecule is O=C(Nc1ccc(-c2ccc3nc([C@@H]4CCCN4C(=O)OCc4ccccc4)[nH]c3c2)cc1)C1CC1. The van der Waals surface area contributed by atoms with Crippen LogP contribution in [0.4, 0.5) is 10.5 Å². The molecule has 2 N–H and O–H groups in total. The van der Waals surface area contributed by atoms with Gasteiger partial charge in [-0.1, -0.05) is 48.5 Å². The highest BCUT2D eigenvalue weighted by Crippen LogP contribution is 2.34. The van der Waals surface area contributed by atoms with E-state index < -0.39 is 0 Å². The van der Waals surface area contributed by atoms with Crippen molar-refractivity contribution in [2.75, 3.05) is 11.9 Å². The molecular formula is C29H28N4O3. The number of carbonyl (C=O) groups excluding carboxylic acids is 2. The van der Waals surface area contributed by atoms with Crippen LogP contribution in [0.1, 0.15) is 43.1 Å². The number of carbonyl (C=O) groups is 2. The third kappa shape index (κ3) is 4.69. The number of hydrogen-bond donors (Lipinski definition) is 2. The number of aromatic nitrogens is 2. The average Bonchev–Trinajstić information content (AvgIpc) is 3.50. The van der Waals surface area contributed by atoms with E-state index in [-0.39, 0.29) is 30.6 Å². The zero-order valence-corrected chi connectivity index (χ0v) is 19.9. The number of ether oxygens (including phenoxy) is 1. The predicted octanol–water partition coefficient (Wildman–Crippen LogP) is 6.05. The summed E-state index contributed by atoms with van der Waals surface area (Å²) in [4.78, 5) is 34.8. The summed E-state index contributed by atoms with van der Waals surface area (Å²) in [6, 6.07) is 23.6. The Labute approximate surface area is 209 Å². The Bertz CT molecular complexity index is 1390. The minimum atomic E-state index is -0.309. The van der Waals surface area contributed by atoms with Crippen LogP contribution in [0.5, 0.6) is 0 Å². The number of rotatable bonds is 6. The van der Waals surface area contributed by atoms with Gasteiger partial charge in [-0.3, -0.25) is 9.69 Å². The van der Waals surface area contributed by atoms with E-state index in [0.29, 0.717) is 6.54 Å². The second kappa shape index (κ2) is 9.49. The molecule has 3 aromatic carbocycles.